The predicted octanol–water partition coefficient (Wildman–Crippen LogP) is 0.507. The summed E-state index contributed by atoms with van der Waals surface area (Å²) in [5.41, 5.74) is 0.0151. The van der Waals surface area contributed by atoms with Gasteiger partial charge < -0.3 is 4.90 Å². The molecule has 0 spiro atoms. The number of hydrogen-bond acceptors (Lipinski definition) is 7. The molecule has 8 heteroatoms. The van der Waals surface area contributed by atoms with E-state index in [1.807, 2.05) is 15.9 Å². The molecule has 1 aromatic rings. The smallest absolute Gasteiger partial charge is 0.289 e. The van der Waals surface area contributed by atoms with Gasteiger partial charge in [0, 0.05) is 32.2 Å². The van der Waals surface area contributed by atoms with Gasteiger partial charge in [-0.25, -0.2) is 4.98 Å². The Morgan fingerprint density at radius 2 is 2.05 bits per heavy atom. The van der Waals surface area contributed by atoms with Crippen LogP contribution in [0.25, 0.3) is 0 Å². The summed E-state index contributed by atoms with van der Waals surface area (Å²) in [6.45, 7) is 3.07. The number of rotatable bonds is 3. The van der Waals surface area contributed by atoms with Crippen molar-refractivity contribution in [1.29, 1.82) is 10.5 Å². The Bertz CT molecular complexity index is 595. The molecule has 0 saturated carbocycles. The minimum atomic E-state index is -0.567. The van der Waals surface area contributed by atoms with E-state index in [-0.39, 0.29) is 11.3 Å². The first-order valence-corrected chi connectivity index (χ1v) is 6.04. The van der Waals surface area contributed by atoms with E-state index in [2.05, 4.69) is 11.1 Å². The van der Waals surface area contributed by atoms with Crippen LogP contribution < -0.4 is 4.90 Å². The fraction of sp³-hybridized carbons (Fsp3) is 0.417. The first-order valence-electron chi connectivity index (χ1n) is 6.04. The molecule has 8 nitrogen and oxygen atoms in total. The second-order valence-corrected chi connectivity index (χ2v) is 4.35. The van der Waals surface area contributed by atoms with Crippen LogP contribution in [-0.4, -0.2) is 47.5 Å². The Morgan fingerprint density at radius 1 is 1.35 bits per heavy atom. The maximum Gasteiger partial charge on any atom is 0.289 e. The standard InChI is InChI=1S/C12H12N6O2/c13-1-2-16-3-5-17(6-4-16)12-10(8-14)7-11(9-15-12)18(19)20/h7,9H,2-6H2. The van der Waals surface area contributed by atoms with E-state index in [1.54, 1.807) is 0 Å². The monoisotopic (exact) mass is 272 g/mol. The first-order chi connectivity index (χ1) is 9.65. The van der Waals surface area contributed by atoms with E-state index in [0.29, 0.717) is 38.5 Å². The molecule has 0 amide bonds. The summed E-state index contributed by atoms with van der Waals surface area (Å²) in [4.78, 5) is 18.1. The normalized spacial score (nSPS) is 15.4. The highest BCUT2D eigenvalue weighted by molar-refractivity contribution is 5.57. The minimum Gasteiger partial charge on any atom is -0.353 e. The fourth-order valence-corrected chi connectivity index (χ4v) is 2.10. The zero-order valence-electron chi connectivity index (χ0n) is 10.7. The summed E-state index contributed by atoms with van der Waals surface area (Å²) >= 11 is 0. The maximum absolute atomic E-state index is 10.7. The highest BCUT2D eigenvalue weighted by Crippen LogP contribution is 2.22. The molecule has 1 aliphatic heterocycles. The number of nitrogens with zero attached hydrogens (tertiary/aromatic N) is 6. The first kappa shape index (κ1) is 13.7. The maximum atomic E-state index is 10.7. The highest BCUT2D eigenvalue weighted by Gasteiger charge is 2.21. The van der Waals surface area contributed by atoms with Gasteiger partial charge in [-0.1, -0.05) is 0 Å². The second kappa shape index (κ2) is 5.95. The van der Waals surface area contributed by atoms with Crippen LogP contribution in [0.15, 0.2) is 12.3 Å². The summed E-state index contributed by atoms with van der Waals surface area (Å²) < 4.78 is 0. The number of piperazine rings is 1. The Morgan fingerprint density at radius 3 is 2.60 bits per heavy atom. The number of hydrogen-bond donors (Lipinski definition) is 0. The number of aromatic nitrogens is 1. The highest BCUT2D eigenvalue weighted by atomic mass is 16.6. The molecule has 102 valence electrons. The topological polar surface area (TPSA) is 110 Å². The van der Waals surface area contributed by atoms with Gasteiger partial charge in [0.2, 0.25) is 0 Å². The minimum absolute atomic E-state index is 0.187. The summed E-state index contributed by atoms with van der Waals surface area (Å²) in [7, 11) is 0. The van der Waals surface area contributed by atoms with Crippen molar-refractivity contribution in [2.75, 3.05) is 37.6 Å². The molecule has 20 heavy (non-hydrogen) atoms. The summed E-state index contributed by atoms with van der Waals surface area (Å²) in [6.07, 6.45) is 1.16. The quantitative estimate of drug-likeness (QED) is 0.447. The molecule has 1 fully saturated rings. The molecule has 1 aromatic heterocycles. The van der Waals surface area contributed by atoms with Crippen molar-refractivity contribution in [1.82, 2.24) is 9.88 Å². The lowest BCUT2D eigenvalue weighted by Crippen LogP contribution is -2.47. The van der Waals surface area contributed by atoms with E-state index < -0.39 is 4.92 Å². The number of pyridine rings is 1. The van der Waals surface area contributed by atoms with Gasteiger partial charge in [-0.15, -0.1) is 0 Å². The predicted molar refractivity (Wildman–Crippen MR) is 69.9 cm³/mol. The lowest BCUT2D eigenvalue weighted by atomic mass is 10.2. The van der Waals surface area contributed by atoms with E-state index in [9.17, 15) is 10.1 Å². The average Bonchev–Trinajstić information content (AvgIpc) is 2.47. The molecule has 0 bridgehead atoms. The van der Waals surface area contributed by atoms with Gasteiger partial charge >= 0.3 is 0 Å². The Labute approximate surface area is 115 Å². The molecular formula is C12H12N6O2. The number of nitro groups is 1. The summed E-state index contributed by atoms with van der Waals surface area (Å²) in [5, 5.41) is 28.4. The van der Waals surface area contributed by atoms with Crippen LogP contribution in [0.2, 0.25) is 0 Å². The van der Waals surface area contributed by atoms with Crippen LogP contribution in [0, 0.1) is 32.8 Å². The van der Waals surface area contributed by atoms with Crippen LogP contribution in [-0.2, 0) is 0 Å². The van der Waals surface area contributed by atoms with Crippen LogP contribution >= 0.6 is 0 Å². The molecule has 0 unspecified atom stereocenters. The van der Waals surface area contributed by atoms with Crippen LogP contribution in [0.5, 0.6) is 0 Å². The number of nitriles is 2. The van der Waals surface area contributed by atoms with Gasteiger partial charge in [-0.05, 0) is 0 Å². The van der Waals surface area contributed by atoms with Gasteiger partial charge in [0.15, 0.2) is 0 Å². The van der Waals surface area contributed by atoms with Crippen molar-refractivity contribution in [3.63, 3.8) is 0 Å². The zero-order chi connectivity index (χ0) is 14.5. The molecule has 1 saturated heterocycles. The Hall–Kier alpha value is -2.71. The third-order valence-corrected chi connectivity index (χ3v) is 3.15. The van der Waals surface area contributed by atoms with E-state index in [0.717, 1.165) is 6.20 Å². The van der Waals surface area contributed by atoms with Gasteiger partial charge in [-0.2, -0.15) is 10.5 Å². The van der Waals surface area contributed by atoms with Crippen LogP contribution in [0.3, 0.4) is 0 Å². The SMILES string of the molecule is N#CCN1CCN(c2ncc([N+](=O)[O-])cc2C#N)CC1. The molecule has 2 rings (SSSR count). The average molecular weight is 272 g/mol. The summed E-state index contributed by atoms with van der Waals surface area (Å²) in [5.74, 6) is 0.467. The lowest BCUT2D eigenvalue weighted by molar-refractivity contribution is -0.385. The third-order valence-electron chi connectivity index (χ3n) is 3.15. The molecule has 2 heterocycles. The van der Waals surface area contributed by atoms with Gasteiger partial charge in [0.05, 0.1) is 17.5 Å². The third kappa shape index (κ3) is 2.82. The molecule has 0 aromatic carbocycles. The van der Waals surface area contributed by atoms with Crippen LogP contribution in [0.1, 0.15) is 5.56 Å². The summed E-state index contributed by atoms with van der Waals surface area (Å²) in [6, 6.07) is 5.29. The van der Waals surface area contributed by atoms with Crippen LogP contribution in [0.4, 0.5) is 11.5 Å². The van der Waals surface area contributed by atoms with Crippen molar-refractivity contribution in [2.45, 2.75) is 0 Å². The molecule has 0 radical (unpaired) electrons. The van der Waals surface area contributed by atoms with Crippen molar-refractivity contribution in [3.05, 3.63) is 27.9 Å². The molecule has 1 aliphatic rings. The van der Waals surface area contributed by atoms with Gasteiger partial charge in [0.1, 0.15) is 23.6 Å². The molecule has 0 N–H and O–H groups in total. The second-order valence-electron chi connectivity index (χ2n) is 4.35. The van der Waals surface area contributed by atoms with Gasteiger partial charge in [-0.3, -0.25) is 15.0 Å². The molecule has 0 atom stereocenters. The Kier molecular flexibility index (Phi) is 4.08. The van der Waals surface area contributed by atoms with E-state index >= 15 is 0 Å². The van der Waals surface area contributed by atoms with E-state index in [1.165, 1.54) is 6.07 Å². The van der Waals surface area contributed by atoms with Crippen molar-refractivity contribution < 1.29 is 4.92 Å². The lowest BCUT2D eigenvalue weighted by Gasteiger charge is -2.34. The molecular weight excluding hydrogens is 260 g/mol. The fourth-order valence-electron chi connectivity index (χ4n) is 2.10. The van der Waals surface area contributed by atoms with E-state index in [4.69, 9.17) is 10.5 Å². The van der Waals surface area contributed by atoms with Crippen molar-refractivity contribution in [2.24, 2.45) is 0 Å². The van der Waals surface area contributed by atoms with Gasteiger partial charge in [0.25, 0.3) is 5.69 Å². The van der Waals surface area contributed by atoms with Crippen molar-refractivity contribution >= 4 is 11.5 Å². The zero-order valence-corrected chi connectivity index (χ0v) is 10.7. The molecule has 0 aliphatic carbocycles. The Balaban J connectivity index is 2.16. The van der Waals surface area contributed by atoms with Crippen molar-refractivity contribution in [3.8, 4) is 12.1 Å². The number of anilines is 1. The largest absolute Gasteiger partial charge is 0.353 e.